The van der Waals surface area contributed by atoms with Gasteiger partial charge in [-0.05, 0) is 59.3 Å². The predicted octanol–water partition coefficient (Wildman–Crippen LogP) is 3.69. The average Bonchev–Trinajstić information content (AvgIpc) is 2.32. The third-order valence-corrected chi connectivity index (χ3v) is 3.61. The van der Waals surface area contributed by atoms with Gasteiger partial charge in [0.2, 0.25) is 0 Å². The van der Waals surface area contributed by atoms with E-state index in [2.05, 4.69) is 26.6 Å². The van der Waals surface area contributed by atoms with E-state index in [-0.39, 0.29) is 5.92 Å². The van der Waals surface area contributed by atoms with Crippen molar-refractivity contribution >= 4 is 33.6 Å². The predicted molar refractivity (Wildman–Crippen MR) is 86.6 cm³/mol. The molecule has 0 saturated carbocycles. The standard InChI is InChI=1S/C15H21BrN2O3/c1-8(2)5-12(14(19)20)17-15(21)18-13-10(4)6-9(3)7-11(13)16/h6-8,12H,5H2,1-4H3,(H,19,20)(H2,17,18,21)/t12-/m1/s1. The normalized spacial score (nSPS) is 12.1. The molecule has 5 nitrogen and oxygen atoms in total. The summed E-state index contributed by atoms with van der Waals surface area (Å²) in [5, 5.41) is 14.3. The van der Waals surface area contributed by atoms with E-state index in [1.165, 1.54) is 0 Å². The van der Waals surface area contributed by atoms with Gasteiger partial charge in [-0.2, -0.15) is 0 Å². The number of carboxylic acids is 1. The van der Waals surface area contributed by atoms with E-state index in [1.807, 2.05) is 39.8 Å². The van der Waals surface area contributed by atoms with E-state index in [9.17, 15) is 9.59 Å². The highest BCUT2D eigenvalue weighted by Gasteiger charge is 2.21. The molecule has 0 unspecified atom stereocenters. The lowest BCUT2D eigenvalue weighted by Crippen LogP contribution is -2.43. The fourth-order valence-corrected chi connectivity index (χ4v) is 2.85. The first-order valence-electron chi connectivity index (χ1n) is 6.77. The molecule has 3 N–H and O–H groups in total. The van der Waals surface area contributed by atoms with Crippen molar-refractivity contribution in [1.29, 1.82) is 0 Å². The van der Waals surface area contributed by atoms with Crippen molar-refractivity contribution in [3.63, 3.8) is 0 Å². The number of hydrogen-bond acceptors (Lipinski definition) is 2. The van der Waals surface area contributed by atoms with Crippen LogP contribution in [0.15, 0.2) is 16.6 Å². The molecule has 0 aromatic heterocycles. The van der Waals surface area contributed by atoms with Gasteiger partial charge in [-0.1, -0.05) is 19.9 Å². The highest BCUT2D eigenvalue weighted by atomic mass is 79.9. The third-order valence-electron chi connectivity index (χ3n) is 2.98. The zero-order valence-corrected chi connectivity index (χ0v) is 14.2. The molecule has 0 bridgehead atoms. The van der Waals surface area contributed by atoms with Crippen molar-refractivity contribution < 1.29 is 14.7 Å². The van der Waals surface area contributed by atoms with Crippen LogP contribution < -0.4 is 10.6 Å². The topological polar surface area (TPSA) is 78.4 Å². The Kier molecular flexibility index (Phi) is 6.20. The molecule has 0 heterocycles. The third kappa shape index (κ3) is 5.38. The minimum atomic E-state index is -1.03. The Hall–Kier alpha value is -1.56. The highest BCUT2D eigenvalue weighted by Crippen LogP contribution is 2.27. The molecule has 0 aliphatic heterocycles. The second-order valence-electron chi connectivity index (χ2n) is 5.56. The number of rotatable bonds is 5. The molecule has 0 spiro atoms. The second-order valence-corrected chi connectivity index (χ2v) is 6.41. The first-order chi connectivity index (χ1) is 9.70. The Balaban J connectivity index is 2.79. The monoisotopic (exact) mass is 356 g/mol. The number of halogens is 1. The number of aliphatic carboxylic acids is 1. The van der Waals surface area contributed by atoms with E-state index in [4.69, 9.17) is 5.11 Å². The number of carbonyl (C=O) groups excluding carboxylic acids is 1. The Morgan fingerprint density at radius 2 is 1.90 bits per heavy atom. The lowest BCUT2D eigenvalue weighted by atomic mass is 10.0. The summed E-state index contributed by atoms with van der Waals surface area (Å²) in [5.74, 6) is -0.849. The van der Waals surface area contributed by atoms with Crippen LogP contribution in [-0.2, 0) is 4.79 Å². The van der Waals surface area contributed by atoms with Gasteiger partial charge in [0, 0.05) is 4.47 Å². The molecule has 0 saturated heterocycles. The number of hydrogen-bond donors (Lipinski definition) is 3. The van der Waals surface area contributed by atoms with Crippen molar-refractivity contribution in [3.05, 3.63) is 27.7 Å². The molecular formula is C15H21BrN2O3. The molecule has 21 heavy (non-hydrogen) atoms. The molecule has 116 valence electrons. The molecule has 1 rings (SSSR count). The first kappa shape index (κ1) is 17.5. The van der Waals surface area contributed by atoms with Crippen molar-refractivity contribution in [1.82, 2.24) is 5.32 Å². The molecule has 1 aromatic rings. The average molecular weight is 357 g/mol. The van der Waals surface area contributed by atoms with E-state index in [1.54, 1.807) is 0 Å². The summed E-state index contributed by atoms with van der Waals surface area (Å²) in [4.78, 5) is 23.1. The van der Waals surface area contributed by atoms with Crippen molar-refractivity contribution in [2.24, 2.45) is 5.92 Å². The zero-order chi connectivity index (χ0) is 16.2. The highest BCUT2D eigenvalue weighted by molar-refractivity contribution is 9.10. The number of aryl methyl sites for hydroxylation is 2. The SMILES string of the molecule is Cc1cc(C)c(NC(=O)N[C@H](CC(C)C)C(=O)O)c(Br)c1. The van der Waals surface area contributed by atoms with Crippen LogP contribution in [0.25, 0.3) is 0 Å². The Morgan fingerprint density at radius 1 is 1.29 bits per heavy atom. The number of urea groups is 1. The summed E-state index contributed by atoms with van der Waals surface area (Å²) in [6, 6.07) is 2.43. The van der Waals surface area contributed by atoms with Crippen LogP contribution in [0.1, 0.15) is 31.4 Å². The molecule has 0 radical (unpaired) electrons. The Labute approximate surface area is 133 Å². The van der Waals surface area contributed by atoms with Gasteiger partial charge in [0.1, 0.15) is 6.04 Å². The molecule has 1 atom stereocenters. The van der Waals surface area contributed by atoms with E-state index < -0.39 is 18.0 Å². The molecule has 1 aromatic carbocycles. The van der Waals surface area contributed by atoms with Gasteiger partial charge in [0.05, 0.1) is 5.69 Å². The second kappa shape index (κ2) is 7.45. The summed E-state index contributed by atoms with van der Waals surface area (Å²) in [6.07, 6.45) is 0.386. The van der Waals surface area contributed by atoms with Crippen LogP contribution >= 0.6 is 15.9 Å². The van der Waals surface area contributed by atoms with Crippen LogP contribution in [0.3, 0.4) is 0 Å². The lowest BCUT2D eigenvalue weighted by Gasteiger charge is -2.18. The van der Waals surface area contributed by atoms with Crippen LogP contribution in [0.4, 0.5) is 10.5 Å². The van der Waals surface area contributed by atoms with Gasteiger partial charge in [0.15, 0.2) is 0 Å². The van der Waals surface area contributed by atoms with E-state index in [0.29, 0.717) is 12.1 Å². The van der Waals surface area contributed by atoms with Gasteiger partial charge < -0.3 is 15.7 Å². The fraction of sp³-hybridized carbons (Fsp3) is 0.467. The summed E-state index contributed by atoms with van der Waals surface area (Å²) in [7, 11) is 0. The van der Waals surface area contributed by atoms with Gasteiger partial charge in [0.25, 0.3) is 0 Å². The van der Waals surface area contributed by atoms with Crippen LogP contribution in [0.2, 0.25) is 0 Å². The van der Waals surface area contributed by atoms with Gasteiger partial charge in [-0.15, -0.1) is 0 Å². The maximum absolute atomic E-state index is 12.0. The number of nitrogens with one attached hydrogen (secondary N) is 2. The summed E-state index contributed by atoms with van der Waals surface area (Å²) in [5.41, 5.74) is 2.63. The van der Waals surface area contributed by atoms with Gasteiger partial charge in [-0.3, -0.25) is 0 Å². The number of benzene rings is 1. The van der Waals surface area contributed by atoms with E-state index >= 15 is 0 Å². The Morgan fingerprint density at radius 3 is 2.38 bits per heavy atom. The zero-order valence-electron chi connectivity index (χ0n) is 12.7. The minimum Gasteiger partial charge on any atom is -0.480 e. The minimum absolute atomic E-state index is 0.180. The summed E-state index contributed by atoms with van der Waals surface area (Å²) >= 11 is 3.40. The molecule has 0 aliphatic rings. The smallest absolute Gasteiger partial charge is 0.326 e. The number of carboxylic acid groups (broad SMARTS) is 1. The van der Waals surface area contributed by atoms with Crippen LogP contribution in [0, 0.1) is 19.8 Å². The molecular weight excluding hydrogens is 336 g/mol. The number of amides is 2. The van der Waals surface area contributed by atoms with Crippen LogP contribution in [-0.4, -0.2) is 23.1 Å². The summed E-state index contributed by atoms with van der Waals surface area (Å²) < 4.78 is 0.769. The number of anilines is 1. The number of carbonyl (C=O) groups is 2. The van der Waals surface area contributed by atoms with Crippen LogP contribution in [0.5, 0.6) is 0 Å². The van der Waals surface area contributed by atoms with Crippen molar-refractivity contribution in [2.75, 3.05) is 5.32 Å². The maximum Gasteiger partial charge on any atom is 0.326 e. The molecule has 0 fully saturated rings. The summed E-state index contributed by atoms with van der Waals surface area (Å²) in [6.45, 7) is 7.67. The van der Waals surface area contributed by atoms with Gasteiger partial charge >= 0.3 is 12.0 Å². The fourth-order valence-electron chi connectivity index (χ4n) is 2.07. The van der Waals surface area contributed by atoms with E-state index in [0.717, 1.165) is 15.6 Å². The Bertz CT molecular complexity index is 521. The molecule has 2 amide bonds. The largest absolute Gasteiger partial charge is 0.480 e. The van der Waals surface area contributed by atoms with Crippen molar-refractivity contribution in [2.45, 2.75) is 40.2 Å². The van der Waals surface area contributed by atoms with Gasteiger partial charge in [-0.25, -0.2) is 9.59 Å². The molecule has 6 heteroatoms. The maximum atomic E-state index is 12.0. The van der Waals surface area contributed by atoms with Crippen molar-refractivity contribution in [3.8, 4) is 0 Å². The molecule has 0 aliphatic carbocycles. The lowest BCUT2D eigenvalue weighted by molar-refractivity contribution is -0.139. The first-order valence-corrected chi connectivity index (χ1v) is 7.57. The quantitative estimate of drug-likeness (QED) is 0.752.